The van der Waals surface area contributed by atoms with Gasteiger partial charge in [-0.3, -0.25) is 0 Å². The minimum atomic E-state index is -0.850. The Morgan fingerprint density at radius 3 is 2.43 bits per heavy atom. The van der Waals surface area contributed by atoms with Crippen molar-refractivity contribution < 1.29 is 10.2 Å². The van der Waals surface area contributed by atoms with E-state index < -0.39 is 12.2 Å². The summed E-state index contributed by atoms with van der Waals surface area (Å²) >= 11 is 0. The van der Waals surface area contributed by atoms with Crippen LogP contribution in [0.4, 0.5) is 0 Å². The second-order valence-corrected chi connectivity index (χ2v) is 3.05. The van der Waals surface area contributed by atoms with Crippen LogP contribution in [0, 0.1) is 11.8 Å². The zero-order chi connectivity index (χ0) is 10.4. The van der Waals surface area contributed by atoms with Crippen molar-refractivity contribution in [1.82, 2.24) is 0 Å². The second kappa shape index (κ2) is 5.43. The highest BCUT2D eigenvalue weighted by Crippen LogP contribution is 2.17. The van der Waals surface area contributed by atoms with Crippen molar-refractivity contribution in [3.63, 3.8) is 0 Å². The third kappa shape index (κ3) is 2.88. The van der Waals surface area contributed by atoms with Crippen LogP contribution in [0.5, 0.6) is 0 Å². The molecule has 0 fully saturated rings. The highest BCUT2D eigenvalue weighted by atomic mass is 16.3. The average molecular weight is 190 g/mol. The molecule has 0 saturated carbocycles. The van der Waals surface area contributed by atoms with Crippen molar-refractivity contribution >= 4 is 0 Å². The molecule has 1 aromatic rings. The van der Waals surface area contributed by atoms with Crippen LogP contribution in [0.15, 0.2) is 30.3 Å². The average Bonchev–Trinajstić information content (AvgIpc) is 2.26. The van der Waals surface area contributed by atoms with E-state index in [0.29, 0.717) is 6.42 Å². The van der Waals surface area contributed by atoms with Crippen LogP contribution in [0.1, 0.15) is 25.0 Å². The Morgan fingerprint density at radius 1 is 1.21 bits per heavy atom. The molecule has 0 bridgehead atoms. The van der Waals surface area contributed by atoms with Crippen molar-refractivity contribution in [2.24, 2.45) is 0 Å². The van der Waals surface area contributed by atoms with Crippen molar-refractivity contribution in [1.29, 1.82) is 0 Å². The number of aliphatic hydroxyl groups is 2. The number of hydrogen-bond acceptors (Lipinski definition) is 2. The third-order valence-electron chi connectivity index (χ3n) is 1.99. The van der Waals surface area contributed by atoms with E-state index in [9.17, 15) is 10.2 Å². The van der Waals surface area contributed by atoms with Gasteiger partial charge in [0.05, 0.1) is 6.10 Å². The maximum absolute atomic E-state index is 9.70. The molecule has 74 valence electrons. The van der Waals surface area contributed by atoms with Gasteiger partial charge in [-0.2, -0.15) is 0 Å². The summed E-state index contributed by atoms with van der Waals surface area (Å²) in [7, 11) is 0. The Bertz CT molecular complexity index is 321. The third-order valence-corrected chi connectivity index (χ3v) is 1.99. The van der Waals surface area contributed by atoms with E-state index in [1.54, 1.807) is 19.1 Å². The van der Waals surface area contributed by atoms with Gasteiger partial charge in [-0.1, -0.05) is 30.3 Å². The van der Waals surface area contributed by atoms with Crippen molar-refractivity contribution in [2.45, 2.75) is 25.6 Å². The molecule has 0 saturated heterocycles. The van der Waals surface area contributed by atoms with Gasteiger partial charge in [0.2, 0.25) is 0 Å². The molecule has 0 aliphatic heterocycles. The zero-order valence-corrected chi connectivity index (χ0v) is 8.14. The minimum Gasteiger partial charge on any atom is -0.389 e. The first-order valence-electron chi connectivity index (χ1n) is 4.56. The molecule has 14 heavy (non-hydrogen) atoms. The van der Waals surface area contributed by atoms with Gasteiger partial charge in [0, 0.05) is 6.42 Å². The standard InChI is InChI=1S/C12H14O2/c1-2-3-9-11(13)12(14)10-7-5-4-6-8-10/h4-8,11-14H,9H2,1H3. The predicted molar refractivity (Wildman–Crippen MR) is 55.5 cm³/mol. The van der Waals surface area contributed by atoms with E-state index in [2.05, 4.69) is 11.8 Å². The molecule has 2 unspecified atom stereocenters. The maximum atomic E-state index is 9.70. The second-order valence-electron chi connectivity index (χ2n) is 3.05. The van der Waals surface area contributed by atoms with Crippen LogP contribution in [-0.2, 0) is 0 Å². The van der Waals surface area contributed by atoms with E-state index in [1.807, 2.05) is 18.2 Å². The monoisotopic (exact) mass is 190 g/mol. The maximum Gasteiger partial charge on any atom is 0.106 e. The van der Waals surface area contributed by atoms with Gasteiger partial charge in [0.15, 0.2) is 0 Å². The lowest BCUT2D eigenvalue weighted by Gasteiger charge is -2.15. The summed E-state index contributed by atoms with van der Waals surface area (Å²) < 4.78 is 0. The van der Waals surface area contributed by atoms with Gasteiger partial charge < -0.3 is 10.2 Å². The largest absolute Gasteiger partial charge is 0.389 e. The molecule has 0 radical (unpaired) electrons. The molecule has 1 rings (SSSR count). The topological polar surface area (TPSA) is 40.5 Å². The summed E-state index contributed by atoms with van der Waals surface area (Å²) in [5, 5.41) is 19.2. The van der Waals surface area contributed by atoms with Crippen LogP contribution in [0.3, 0.4) is 0 Å². The SMILES string of the molecule is CC#CCC(O)C(O)c1ccccc1. The Labute approximate surface area is 84.2 Å². The first-order valence-corrected chi connectivity index (χ1v) is 4.56. The van der Waals surface area contributed by atoms with Gasteiger partial charge in [-0.25, -0.2) is 0 Å². The summed E-state index contributed by atoms with van der Waals surface area (Å²) in [4.78, 5) is 0. The van der Waals surface area contributed by atoms with E-state index in [-0.39, 0.29) is 0 Å². The van der Waals surface area contributed by atoms with E-state index >= 15 is 0 Å². The number of hydrogen-bond donors (Lipinski definition) is 2. The highest BCUT2D eigenvalue weighted by Gasteiger charge is 2.16. The molecule has 0 amide bonds. The fourth-order valence-corrected chi connectivity index (χ4v) is 1.19. The van der Waals surface area contributed by atoms with Crippen LogP contribution in [0.25, 0.3) is 0 Å². The predicted octanol–water partition coefficient (Wildman–Crippen LogP) is 1.49. The lowest BCUT2D eigenvalue weighted by Crippen LogP contribution is -2.17. The minimum absolute atomic E-state index is 0.298. The van der Waals surface area contributed by atoms with Crippen LogP contribution >= 0.6 is 0 Å². The van der Waals surface area contributed by atoms with Crippen molar-refractivity contribution in [2.75, 3.05) is 0 Å². The molecule has 0 aliphatic carbocycles. The molecule has 0 heterocycles. The smallest absolute Gasteiger partial charge is 0.106 e. The van der Waals surface area contributed by atoms with Gasteiger partial charge in [-0.15, -0.1) is 11.8 Å². The summed E-state index contributed by atoms with van der Waals surface area (Å²) in [6.07, 6.45) is -1.37. The van der Waals surface area contributed by atoms with Crippen molar-refractivity contribution in [3.05, 3.63) is 35.9 Å². The summed E-state index contributed by atoms with van der Waals surface area (Å²) in [5.41, 5.74) is 0.720. The van der Waals surface area contributed by atoms with Gasteiger partial charge in [0.1, 0.15) is 6.10 Å². The van der Waals surface area contributed by atoms with Crippen molar-refractivity contribution in [3.8, 4) is 11.8 Å². The van der Waals surface area contributed by atoms with Crippen LogP contribution < -0.4 is 0 Å². The van der Waals surface area contributed by atoms with E-state index in [0.717, 1.165) is 5.56 Å². The fraction of sp³-hybridized carbons (Fsp3) is 0.333. The zero-order valence-electron chi connectivity index (χ0n) is 8.14. The van der Waals surface area contributed by atoms with Gasteiger partial charge in [0.25, 0.3) is 0 Å². The molecule has 2 nitrogen and oxygen atoms in total. The van der Waals surface area contributed by atoms with Crippen LogP contribution in [0.2, 0.25) is 0 Å². The lowest BCUT2D eigenvalue weighted by molar-refractivity contribution is 0.0219. The van der Waals surface area contributed by atoms with Gasteiger partial charge >= 0.3 is 0 Å². The molecule has 2 heteroatoms. The summed E-state index contributed by atoms with van der Waals surface area (Å²) in [5.74, 6) is 5.42. The summed E-state index contributed by atoms with van der Waals surface area (Å²) in [6, 6.07) is 9.10. The molecule has 0 aliphatic rings. The normalized spacial score (nSPS) is 13.9. The quantitative estimate of drug-likeness (QED) is 0.709. The number of aliphatic hydroxyl groups excluding tert-OH is 2. The molecular weight excluding hydrogens is 176 g/mol. The Morgan fingerprint density at radius 2 is 1.86 bits per heavy atom. The molecule has 2 atom stereocenters. The Hall–Kier alpha value is -1.30. The molecular formula is C12H14O2. The van der Waals surface area contributed by atoms with E-state index in [4.69, 9.17) is 0 Å². The first-order chi connectivity index (χ1) is 6.75. The van der Waals surface area contributed by atoms with E-state index in [1.165, 1.54) is 0 Å². The molecule has 0 aromatic heterocycles. The molecule has 1 aromatic carbocycles. The number of rotatable bonds is 3. The Balaban J connectivity index is 2.64. The fourth-order valence-electron chi connectivity index (χ4n) is 1.19. The highest BCUT2D eigenvalue weighted by molar-refractivity contribution is 5.18. The molecule has 0 spiro atoms. The lowest BCUT2D eigenvalue weighted by atomic mass is 10.0. The van der Waals surface area contributed by atoms with Gasteiger partial charge in [-0.05, 0) is 12.5 Å². The first kappa shape index (κ1) is 10.8. The molecule has 2 N–H and O–H groups in total. The summed E-state index contributed by atoms with van der Waals surface area (Å²) in [6.45, 7) is 1.71. The Kier molecular flexibility index (Phi) is 4.18. The van der Waals surface area contributed by atoms with Crippen LogP contribution in [-0.4, -0.2) is 16.3 Å². The number of benzene rings is 1.